The topological polar surface area (TPSA) is 130 Å². The van der Waals surface area contributed by atoms with Crippen LogP contribution in [0.4, 0.5) is 0 Å². The van der Waals surface area contributed by atoms with E-state index in [0.29, 0.717) is 6.54 Å². The Morgan fingerprint density at radius 3 is 2.75 bits per heavy atom. The Morgan fingerprint density at radius 2 is 2.00 bits per heavy atom. The van der Waals surface area contributed by atoms with Crippen molar-refractivity contribution in [3.05, 3.63) is 78.0 Å². The van der Waals surface area contributed by atoms with Gasteiger partial charge in [-0.15, -0.1) is 0 Å². The van der Waals surface area contributed by atoms with E-state index >= 15 is 0 Å². The Morgan fingerprint density at radius 1 is 1.22 bits per heavy atom. The zero-order chi connectivity index (χ0) is 25.5. The number of aliphatic hydroxyl groups excluding tert-OH is 2. The standard InChI is InChI=1S/C27H33N3O5S/c1-17-8-10-19(11-9-17)36-27-24(26(34-13-5-4-12-28)25(33)22(16-31)35-27)30-23(32)14-18-15-29-21-7-3-2-6-20(18)21/h2-11,15,22,24-27,29,31,33H,12-14,16,28H2,1H3,(H,30,32)/b5-4+/t22-,24+,25-,26-,27-/m1/s1. The molecule has 0 radical (unpaired) electrons. The highest BCUT2D eigenvalue weighted by Crippen LogP contribution is 2.35. The number of nitrogens with one attached hydrogen (secondary N) is 2. The maximum absolute atomic E-state index is 13.2. The second kappa shape index (κ2) is 12.5. The monoisotopic (exact) mass is 511 g/mol. The Hall–Kier alpha value is -2.66. The Labute approximate surface area is 214 Å². The molecule has 6 N–H and O–H groups in total. The highest BCUT2D eigenvalue weighted by Gasteiger charge is 2.46. The molecule has 36 heavy (non-hydrogen) atoms. The normalized spacial score (nSPS) is 24.4. The van der Waals surface area contributed by atoms with Crippen LogP contribution in [0.2, 0.25) is 0 Å². The molecule has 2 heterocycles. The fraction of sp³-hybridized carbons (Fsp3) is 0.370. The molecule has 0 aliphatic carbocycles. The molecule has 1 aromatic heterocycles. The average molecular weight is 512 g/mol. The molecule has 1 aliphatic rings. The highest BCUT2D eigenvalue weighted by molar-refractivity contribution is 7.99. The third-order valence-corrected chi connectivity index (χ3v) is 7.35. The zero-order valence-corrected chi connectivity index (χ0v) is 21.0. The fourth-order valence-electron chi connectivity index (χ4n) is 4.29. The van der Waals surface area contributed by atoms with Crippen molar-refractivity contribution >= 4 is 28.6 Å². The van der Waals surface area contributed by atoms with Crippen LogP contribution in [0.25, 0.3) is 10.9 Å². The minimum Gasteiger partial charge on any atom is -0.394 e. The first-order valence-electron chi connectivity index (χ1n) is 12.0. The quantitative estimate of drug-likeness (QED) is 0.264. The summed E-state index contributed by atoms with van der Waals surface area (Å²) in [6.45, 7) is 2.21. The maximum atomic E-state index is 13.2. The molecule has 2 aromatic carbocycles. The third-order valence-electron chi connectivity index (χ3n) is 6.17. The van der Waals surface area contributed by atoms with E-state index in [1.165, 1.54) is 11.8 Å². The number of H-pyrrole nitrogens is 1. The van der Waals surface area contributed by atoms with Gasteiger partial charge in [-0.25, -0.2) is 0 Å². The number of aromatic amines is 1. The average Bonchev–Trinajstić information content (AvgIpc) is 3.28. The van der Waals surface area contributed by atoms with Gasteiger partial charge in [0.2, 0.25) is 5.91 Å². The summed E-state index contributed by atoms with van der Waals surface area (Å²) in [6.07, 6.45) is 2.74. The molecule has 3 aromatic rings. The van der Waals surface area contributed by atoms with Crippen LogP contribution >= 0.6 is 11.8 Å². The molecule has 1 aliphatic heterocycles. The van der Waals surface area contributed by atoms with Gasteiger partial charge in [0.25, 0.3) is 0 Å². The lowest BCUT2D eigenvalue weighted by Crippen LogP contribution is -2.64. The van der Waals surface area contributed by atoms with Gasteiger partial charge in [0.05, 0.1) is 25.7 Å². The first-order valence-corrected chi connectivity index (χ1v) is 12.9. The van der Waals surface area contributed by atoms with Gasteiger partial charge in [-0.3, -0.25) is 4.79 Å². The van der Waals surface area contributed by atoms with E-state index < -0.39 is 29.8 Å². The van der Waals surface area contributed by atoms with Crippen molar-refractivity contribution in [3.8, 4) is 0 Å². The minimum absolute atomic E-state index is 0.155. The van der Waals surface area contributed by atoms with Crippen LogP contribution in [0.3, 0.4) is 0 Å². The molecule has 1 fully saturated rings. The van der Waals surface area contributed by atoms with Crippen molar-refractivity contribution in [1.82, 2.24) is 10.3 Å². The van der Waals surface area contributed by atoms with Gasteiger partial charge in [0.1, 0.15) is 23.7 Å². The number of rotatable bonds is 10. The van der Waals surface area contributed by atoms with Crippen molar-refractivity contribution in [3.63, 3.8) is 0 Å². The molecule has 5 atom stereocenters. The second-order valence-corrected chi connectivity index (χ2v) is 9.95. The van der Waals surface area contributed by atoms with E-state index in [-0.39, 0.29) is 25.5 Å². The number of hydrogen-bond donors (Lipinski definition) is 5. The molecule has 9 heteroatoms. The number of aliphatic hydroxyl groups is 2. The number of carbonyl (C=O) groups excluding carboxylic acids is 1. The molecule has 1 saturated heterocycles. The first kappa shape index (κ1) is 26.4. The van der Waals surface area contributed by atoms with Gasteiger partial charge in [0.15, 0.2) is 0 Å². The lowest BCUT2D eigenvalue weighted by Gasteiger charge is -2.44. The molecule has 0 saturated carbocycles. The van der Waals surface area contributed by atoms with Crippen molar-refractivity contribution < 1.29 is 24.5 Å². The van der Waals surface area contributed by atoms with Gasteiger partial charge in [0, 0.05) is 28.5 Å². The number of carbonyl (C=O) groups is 1. The lowest BCUT2D eigenvalue weighted by atomic mass is 9.97. The van der Waals surface area contributed by atoms with E-state index in [2.05, 4.69) is 10.3 Å². The largest absolute Gasteiger partial charge is 0.394 e. The number of nitrogens with two attached hydrogens (primary N) is 1. The predicted octanol–water partition coefficient (Wildman–Crippen LogP) is 2.27. The van der Waals surface area contributed by atoms with Crippen LogP contribution in [0, 0.1) is 6.92 Å². The van der Waals surface area contributed by atoms with Gasteiger partial charge < -0.3 is 35.7 Å². The Kier molecular flexibility index (Phi) is 9.19. The number of thioether (sulfide) groups is 1. The third kappa shape index (κ3) is 6.36. The van der Waals surface area contributed by atoms with Crippen LogP contribution in [0.15, 0.2) is 71.8 Å². The summed E-state index contributed by atoms with van der Waals surface area (Å²) in [7, 11) is 0. The van der Waals surface area contributed by atoms with Crippen LogP contribution in [0.5, 0.6) is 0 Å². The number of aryl methyl sites for hydroxylation is 1. The summed E-state index contributed by atoms with van der Waals surface area (Å²) in [5.74, 6) is -0.219. The molecule has 8 nitrogen and oxygen atoms in total. The summed E-state index contributed by atoms with van der Waals surface area (Å²) in [4.78, 5) is 17.4. The number of fused-ring (bicyclic) bond motifs is 1. The van der Waals surface area contributed by atoms with Gasteiger partial charge in [-0.2, -0.15) is 0 Å². The molecule has 0 spiro atoms. The number of ether oxygens (including phenoxy) is 2. The smallest absolute Gasteiger partial charge is 0.224 e. The van der Waals surface area contributed by atoms with E-state index in [1.807, 2.05) is 61.7 Å². The van der Waals surface area contributed by atoms with Gasteiger partial charge in [-0.05, 0) is 30.7 Å². The van der Waals surface area contributed by atoms with Crippen molar-refractivity contribution in [2.45, 2.75) is 48.0 Å². The molecule has 0 unspecified atom stereocenters. The summed E-state index contributed by atoms with van der Waals surface area (Å²) >= 11 is 1.42. The van der Waals surface area contributed by atoms with Gasteiger partial charge >= 0.3 is 0 Å². The zero-order valence-electron chi connectivity index (χ0n) is 20.2. The predicted molar refractivity (Wildman–Crippen MR) is 141 cm³/mol. The molecular formula is C27H33N3O5S. The molecule has 192 valence electrons. The summed E-state index contributed by atoms with van der Waals surface area (Å²) in [5.41, 5.74) is 7.90. The van der Waals surface area contributed by atoms with Crippen LogP contribution in [-0.2, 0) is 20.7 Å². The SMILES string of the molecule is Cc1ccc(S[C@H]2O[C@H](CO)[C@@H](O)[C@H](OC/C=C/CN)[C@@H]2NC(=O)Cc2c[nH]c3ccccc23)cc1. The number of amides is 1. The summed E-state index contributed by atoms with van der Waals surface area (Å²) in [6, 6.07) is 15.1. The number of aromatic nitrogens is 1. The van der Waals surface area contributed by atoms with Crippen molar-refractivity contribution in [1.29, 1.82) is 0 Å². The maximum Gasteiger partial charge on any atom is 0.224 e. The highest BCUT2D eigenvalue weighted by atomic mass is 32.2. The second-order valence-electron chi connectivity index (χ2n) is 8.78. The molecular weight excluding hydrogens is 478 g/mol. The minimum atomic E-state index is -1.13. The summed E-state index contributed by atoms with van der Waals surface area (Å²) in [5, 5.41) is 24.9. The Bertz CT molecular complexity index is 1170. The van der Waals surface area contributed by atoms with Crippen molar-refractivity contribution in [2.24, 2.45) is 5.73 Å². The van der Waals surface area contributed by atoms with Crippen LogP contribution in [-0.4, -0.2) is 70.7 Å². The van der Waals surface area contributed by atoms with E-state index in [4.69, 9.17) is 15.2 Å². The van der Waals surface area contributed by atoms with Gasteiger partial charge in [-0.1, -0.05) is 59.8 Å². The van der Waals surface area contributed by atoms with Crippen molar-refractivity contribution in [2.75, 3.05) is 19.8 Å². The fourth-order valence-corrected chi connectivity index (χ4v) is 5.42. The Balaban J connectivity index is 1.57. The lowest BCUT2D eigenvalue weighted by molar-refractivity contribution is -0.185. The number of hydrogen-bond acceptors (Lipinski definition) is 7. The molecule has 0 bridgehead atoms. The number of benzene rings is 2. The van der Waals surface area contributed by atoms with E-state index in [0.717, 1.165) is 26.9 Å². The molecule has 1 amide bonds. The first-order chi connectivity index (χ1) is 17.5. The van der Waals surface area contributed by atoms with E-state index in [1.54, 1.807) is 12.2 Å². The van der Waals surface area contributed by atoms with Crippen LogP contribution in [0.1, 0.15) is 11.1 Å². The van der Waals surface area contributed by atoms with Crippen LogP contribution < -0.4 is 11.1 Å². The molecule has 4 rings (SSSR count). The summed E-state index contributed by atoms with van der Waals surface area (Å²) < 4.78 is 12.1. The number of para-hydroxylation sites is 1. The van der Waals surface area contributed by atoms with E-state index in [9.17, 15) is 15.0 Å².